The van der Waals surface area contributed by atoms with Crippen LogP contribution in [-0.4, -0.2) is 4.55 Å². The molecule has 0 aromatic heterocycles. The van der Waals surface area contributed by atoms with Gasteiger partial charge in [0, 0.05) is 12.3 Å². The molecule has 0 saturated carbocycles. The first-order chi connectivity index (χ1) is 4.61. The van der Waals surface area contributed by atoms with Gasteiger partial charge in [-0.1, -0.05) is 18.2 Å². The van der Waals surface area contributed by atoms with Crippen molar-refractivity contribution in [2.24, 2.45) is 0 Å². The van der Waals surface area contributed by atoms with Gasteiger partial charge in [-0.25, -0.2) is 0 Å². The molecular weight excluding hydrogens is 184 g/mol. The summed E-state index contributed by atoms with van der Waals surface area (Å²) >= 11 is 9.51. The largest absolute Gasteiger partial charge is 0.322 e. The van der Waals surface area contributed by atoms with E-state index >= 15 is 0 Å². The first kappa shape index (κ1) is 8.33. The van der Waals surface area contributed by atoms with Gasteiger partial charge in [0.15, 0.2) is 0 Å². The van der Waals surface area contributed by atoms with Crippen molar-refractivity contribution in [1.29, 1.82) is 0 Å². The van der Waals surface area contributed by atoms with Gasteiger partial charge in [-0.2, -0.15) is 0 Å². The fourth-order valence-corrected chi connectivity index (χ4v) is 2.26. The van der Waals surface area contributed by atoms with E-state index < -0.39 is 7.43 Å². The predicted molar refractivity (Wildman–Crippen MR) is 51.2 cm³/mol. The molecule has 0 aromatic rings. The van der Waals surface area contributed by atoms with Crippen LogP contribution in [0.3, 0.4) is 0 Å². The second kappa shape index (κ2) is 3.09. The maximum Gasteiger partial charge on any atom is 0.0400 e. The van der Waals surface area contributed by atoms with Crippen LogP contribution in [0.4, 0.5) is 0 Å². The van der Waals surface area contributed by atoms with E-state index in [4.69, 9.17) is 22.4 Å². The molecule has 1 aliphatic carbocycles. The minimum Gasteiger partial charge on any atom is -0.322 e. The summed E-state index contributed by atoms with van der Waals surface area (Å²) in [6, 6.07) is 0. The van der Waals surface area contributed by atoms with Crippen LogP contribution >= 0.6 is 0 Å². The molecule has 0 bridgehead atoms. The lowest BCUT2D eigenvalue weighted by Gasteiger charge is -2.08. The molecule has 10 heavy (non-hydrogen) atoms. The fourth-order valence-electron chi connectivity index (χ4n) is 0.795. The number of hydrogen-bond donors (Lipinski definition) is 1. The van der Waals surface area contributed by atoms with Crippen LogP contribution < -0.4 is 0 Å². The Bertz CT molecular complexity index is 271. The Morgan fingerprint density at radius 3 is 2.50 bits per heavy atom. The van der Waals surface area contributed by atoms with E-state index in [0.717, 1.165) is 17.7 Å². The number of hydrogen-bond acceptors (Lipinski definition) is 2. The molecule has 4 heteroatoms. The Hall–Kier alpha value is 0.230. The molecule has 0 fully saturated rings. The number of rotatable bonds is 1. The van der Waals surface area contributed by atoms with Crippen molar-refractivity contribution in [2.75, 3.05) is 0 Å². The zero-order chi connectivity index (χ0) is 7.61. The van der Waals surface area contributed by atoms with Crippen LogP contribution in [0.25, 0.3) is 0 Å². The molecule has 0 amide bonds. The summed E-state index contributed by atoms with van der Waals surface area (Å²) in [4.78, 5) is 0.847. The van der Waals surface area contributed by atoms with Gasteiger partial charge in [0.25, 0.3) is 0 Å². The molecule has 0 saturated heterocycles. The second-order valence-electron chi connectivity index (χ2n) is 2.07. The van der Waals surface area contributed by atoms with E-state index in [-0.39, 0.29) is 0 Å². The normalized spacial score (nSPS) is 18.7. The minimum absolute atomic E-state index is 0.829. The van der Waals surface area contributed by atoms with E-state index in [1.807, 2.05) is 18.2 Å². The van der Waals surface area contributed by atoms with Gasteiger partial charge in [0.2, 0.25) is 0 Å². The first-order valence-corrected chi connectivity index (χ1v) is 6.38. The van der Waals surface area contributed by atoms with Crippen LogP contribution in [0.2, 0.25) is 0 Å². The molecule has 0 aliphatic heterocycles. The van der Waals surface area contributed by atoms with Gasteiger partial charge in [-0.3, -0.25) is 0 Å². The van der Waals surface area contributed by atoms with E-state index in [1.54, 1.807) is 0 Å². The van der Waals surface area contributed by atoms with Crippen LogP contribution in [-0.2, 0) is 29.8 Å². The molecule has 0 atom stereocenters. The highest BCUT2D eigenvalue weighted by Crippen LogP contribution is 2.16. The predicted octanol–water partition coefficient (Wildman–Crippen LogP) is 1.77. The van der Waals surface area contributed by atoms with Crippen LogP contribution in [0.15, 0.2) is 23.1 Å². The van der Waals surface area contributed by atoms with Gasteiger partial charge in [-0.05, 0) is 35.2 Å². The van der Waals surface area contributed by atoms with Crippen molar-refractivity contribution in [3.63, 3.8) is 0 Å². The summed E-state index contributed by atoms with van der Waals surface area (Å²) in [5, 5.41) is 0. The van der Waals surface area contributed by atoms with Gasteiger partial charge >= 0.3 is 0 Å². The molecular formula is C6H8OS3. The third-order valence-corrected chi connectivity index (χ3v) is 3.59. The summed E-state index contributed by atoms with van der Waals surface area (Å²) < 4.78 is 9.25. The molecule has 1 aliphatic rings. The van der Waals surface area contributed by atoms with Crippen molar-refractivity contribution in [3.8, 4) is 0 Å². The molecule has 0 unspecified atom stereocenters. The van der Waals surface area contributed by atoms with E-state index in [0.29, 0.717) is 0 Å². The van der Waals surface area contributed by atoms with Crippen molar-refractivity contribution in [1.82, 2.24) is 0 Å². The number of allylic oxidation sites excluding steroid dienone is 4. The molecule has 1 nitrogen and oxygen atoms in total. The topological polar surface area (TPSA) is 20.2 Å². The highest BCUT2D eigenvalue weighted by Gasteiger charge is 2.05. The Kier molecular flexibility index (Phi) is 2.57. The molecule has 0 radical (unpaired) electrons. The van der Waals surface area contributed by atoms with Crippen molar-refractivity contribution in [2.45, 2.75) is 12.8 Å². The van der Waals surface area contributed by atoms with Crippen LogP contribution in [0.1, 0.15) is 12.8 Å². The third kappa shape index (κ3) is 2.12. The highest BCUT2D eigenvalue weighted by molar-refractivity contribution is 8.55. The minimum atomic E-state index is -2.25. The lowest BCUT2D eigenvalue weighted by molar-refractivity contribution is 0.657. The highest BCUT2D eigenvalue weighted by atomic mass is 33.1. The zero-order valence-electron chi connectivity index (χ0n) is 5.32. The zero-order valence-corrected chi connectivity index (χ0v) is 7.77. The van der Waals surface area contributed by atoms with Crippen molar-refractivity contribution in [3.05, 3.63) is 23.1 Å². The Morgan fingerprint density at radius 2 is 2.20 bits per heavy atom. The fraction of sp³-hybridized carbons (Fsp3) is 0.333. The maximum absolute atomic E-state index is 9.25. The Morgan fingerprint density at radius 1 is 1.50 bits per heavy atom. The molecule has 0 aromatic carbocycles. The summed E-state index contributed by atoms with van der Waals surface area (Å²) in [6.45, 7) is 0. The summed E-state index contributed by atoms with van der Waals surface area (Å²) in [5.41, 5.74) is 0. The summed E-state index contributed by atoms with van der Waals surface area (Å²) in [5.74, 6) is 0. The maximum atomic E-state index is 9.25. The smallest absolute Gasteiger partial charge is 0.0400 e. The van der Waals surface area contributed by atoms with Crippen molar-refractivity contribution >= 4 is 29.8 Å². The molecule has 1 N–H and O–H groups in total. The standard InChI is InChI=1S/C6H8OS3/c7-10(8,9)6-4-2-1-3-5-6/h1-2,4H,3,5H2,(H,7,8,9). The average Bonchev–Trinajstić information content (AvgIpc) is 1.88. The third-order valence-electron chi connectivity index (χ3n) is 1.31. The van der Waals surface area contributed by atoms with E-state index in [2.05, 4.69) is 0 Å². The molecule has 0 spiro atoms. The summed E-state index contributed by atoms with van der Waals surface area (Å²) in [7, 11) is -2.25. The van der Waals surface area contributed by atoms with Crippen molar-refractivity contribution < 1.29 is 4.55 Å². The second-order valence-corrected chi connectivity index (χ2v) is 7.08. The monoisotopic (exact) mass is 192 g/mol. The Balaban J connectivity index is 2.93. The van der Waals surface area contributed by atoms with Gasteiger partial charge in [0.1, 0.15) is 0 Å². The lowest BCUT2D eigenvalue weighted by Crippen LogP contribution is -1.99. The van der Waals surface area contributed by atoms with Crippen LogP contribution in [0.5, 0.6) is 0 Å². The molecule has 56 valence electrons. The van der Waals surface area contributed by atoms with Crippen LogP contribution in [0, 0.1) is 0 Å². The molecule has 1 rings (SSSR count). The summed E-state index contributed by atoms with van der Waals surface area (Å²) in [6.07, 6.45) is 7.55. The first-order valence-electron chi connectivity index (χ1n) is 2.94. The SMILES string of the molecule is OS(=S)(=S)C1=CC=CCC1. The van der Waals surface area contributed by atoms with E-state index in [1.165, 1.54) is 0 Å². The molecule has 0 heterocycles. The van der Waals surface area contributed by atoms with Gasteiger partial charge in [0.05, 0.1) is 0 Å². The quantitative estimate of drug-likeness (QED) is 0.684. The lowest BCUT2D eigenvalue weighted by atomic mass is 10.2. The average molecular weight is 192 g/mol. The van der Waals surface area contributed by atoms with E-state index in [9.17, 15) is 4.55 Å². The van der Waals surface area contributed by atoms with Gasteiger partial charge < -0.3 is 4.55 Å². The Labute approximate surface area is 70.5 Å². The van der Waals surface area contributed by atoms with Gasteiger partial charge in [-0.15, -0.1) is 0 Å².